The Morgan fingerprint density at radius 1 is 0.938 bits per heavy atom. The van der Waals surface area contributed by atoms with E-state index in [1.54, 1.807) is 0 Å². The summed E-state index contributed by atoms with van der Waals surface area (Å²) >= 11 is 1.39. The van der Waals surface area contributed by atoms with Gasteiger partial charge in [-0.05, 0) is 36.1 Å². The van der Waals surface area contributed by atoms with E-state index in [2.05, 4.69) is 59.5 Å². The van der Waals surface area contributed by atoms with Gasteiger partial charge in [-0.25, -0.2) is 0 Å². The lowest BCUT2D eigenvalue weighted by Crippen LogP contribution is -2.79. The zero-order valence-electron chi connectivity index (χ0n) is 18.4. The van der Waals surface area contributed by atoms with Crippen LogP contribution in [0.3, 0.4) is 0 Å². The number of piperidine rings is 1. The molecule has 2 atom stereocenters. The van der Waals surface area contributed by atoms with Crippen LogP contribution in [0.5, 0.6) is 0 Å². The first-order valence-corrected chi connectivity index (χ1v) is 12.6. The Morgan fingerprint density at radius 2 is 1.50 bits per heavy atom. The summed E-state index contributed by atoms with van der Waals surface area (Å²) in [6.07, 6.45) is 3.36. The smallest absolute Gasteiger partial charge is 0.233 e. The van der Waals surface area contributed by atoms with Crippen LogP contribution in [-0.2, 0) is 22.0 Å². The molecule has 0 spiro atoms. The van der Waals surface area contributed by atoms with Gasteiger partial charge in [0.1, 0.15) is 11.2 Å². The van der Waals surface area contributed by atoms with Crippen LogP contribution in [0.15, 0.2) is 95.9 Å². The Bertz CT molecular complexity index is 1020. The lowest BCUT2D eigenvalue weighted by Gasteiger charge is -2.71. The Kier molecular flexibility index (Phi) is 5.83. The van der Waals surface area contributed by atoms with E-state index in [0.717, 1.165) is 37.1 Å². The molecule has 2 N–H and O–H groups in total. The molecule has 0 aromatic heterocycles. The Hall–Kier alpha value is -2.56. The number of benzene rings is 3. The van der Waals surface area contributed by atoms with Crippen molar-refractivity contribution in [2.75, 3.05) is 18.8 Å². The number of hydrogen-bond acceptors (Lipinski definition) is 2. The summed E-state index contributed by atoms with van der Waals surface area (Å²) in [6.45, 7) is 2.03. The molecule has 0 bridgehead atoms. The van der Waals surface area contributed by atoms with Crippen molar-refractivity contribution in [3.05, 3.63) is 102 Å². The zero-order valence-corrected chi connectivity index (χ0v) is 19.3. The van der Waals surface area contributed by atoms with Crippen molar-refractivity contribution in [2.45, 2.75) is 35.6 Å². The number of likely N-dealkylation sites (tertiary alicyclic amines) is 1. The fourth-order valence-electron chi connectivity index (χ4n) is 6.15. The Balaban J connectivity index is 1.37. The number of primary amides is 1. The first-order chi connectivity index (χ1) is 15.7. The third-order valence-corrected chi connectivity index (χ3v) is 8.81. The maximum atomic E-state index is 13.4. The van der Waals surface area contributed by atoms with Gasteiger partial charge < -0.3 is 5.73 Å². The highest BCUT2D eigenvalue weighted by Crippen LogP contribution is 2.65. The highest BCUT2D eigenvalue weighted by Gasteiger charge is 2.71. The Labute approximate surface area is 195 Å². The summed E-state index contributed by atoms with van der Waals surface area (Å²) in [5.74, 6) is 0.945. The predicted molar refractivity (Wildman–Crippen MR) is 133 cm³/mol. The summed E-state index contributed by atoms with van der Waals surface area (Å²) < 4.78 is 0. The molecule has 1 unspecified atom stereocenters. The van der Waals surface area contributed by atoms with Gasteiger partial charge in [-0.15, -0.1) is 0 Å². The van der Waals surface area contributed by atoms with E-state index in [-0.39, 0.29) is 11.3 Å². The van der Waals surface area contributed by atoms with Gasteiger partial charge in [0.15, 0.2) is 4.90 Å². The molecule has 32 heavy (non-hydrogen) atoms. The summed E-state index contributed by atoms with van der Waals surface area (Å²) in [7, 11) is 0. The monoisotopic (exact) mass is 443 g/mol. The molecular formula is C28H31N2OS+. The fourth-order valence-corrected chi connectivity index (χ4v) is 7.09. The van der Waals surface area contributed by atoms with Gasteiger partial charge in [-0.1, -0.05) is 78.9 Å². The average molecular weight is 444 g/mol. The molecule has 2 fully saturated rings. The van der Waals surface area contributed by atoms with E-state index in [9.17, 15) is 4.79 Å². The van der Waals surface area contributed by atoms with Crippen LogP contribution in [0.2, 0.25) is 0 Å². The van der Waals surface area contributed by atoms with E-state index in [1.165, 1.54) is 28.8 Å². The minimum atomic E-state index is -0.781. The molecule has 1 saturated carbocycles. The van der Waals surface area contributed by atoms with Crippen molar-refractivity contribution >= 4 is 17.7 Å². The molecule has 3 aromatic rings. The van der Waals surface area contributed by atoms with Crippen molar-refractivity contribution < 1.29 is 4.79 Å². The molecule has 5 rings (SSSR count). The summed E-state index contributed by atoms with van der Waals surface area (Å²) in [5.41, 5.74) is 7.47. The maximum Gasteiger partial charge on any atom is 0.233 e. The van der Waals surface area contributed by atoms with Gasteiger partial charge in [0.2, 0.25) is 5.91 Å². The summed E-state index contributed by atoms with van der Waals surface area (Å²) in [4.78, 5) is 17.3. The number of thiol groups is 1. The van der Waals surface area contributed by atoms with Gasteiger partial charge in [0.25, 0.3) is 0 Å². The first-order valence-electron chi connectivity index (χ1n) is 11.6. The van der Waals surface area contributed by atoms with Crippen LogP contribution < -0.4 is 5.73 Å². The zero-order chi connectivity index (χ0) is 22.0. The lowest BCUT2D eigenvalue weighted by atomic mass is 9.41. The highest BCUT2D eigenvalue weighted by atomic mass is 32.2. The quantitative estimate of drug-likeness (QED) is 0.306. The number of rotatable bonds is 9. The number of amides is 1. The van der Waals surface area contributed by atoms with E-state index in [0.29, 0.717) is 6.04 Å². The minimum Gasteiger partial charge on any atom is -0.369 e. The standard InChI is InChI=1S/C28H30N2OS/c29-26(31)28(22-11-4-1-5-12-22,23-13-6-2-7-14-23)27-18-17-25(27)30(21-27)19-10-20-32-24-15-8-3-9-16-24/h1-9,11-16,25H,10,17-21H2,(H2,29,31)/p+1/t25?,27-/m1/s1. The lowest BCUT2D eigenvalue weighted by molar-refractivity contribution is -0.190. The molecule has 0 radical (unpaired) electrons. The molecule has 2 aliphatic rings. The van der Waals surface area contributed by atoms with Gasteiger partial charge in [-0.2, -0.15) is 0 Å². The third kappa shape index (κ3) is 3.28. The van der Waals surface area contributed by atoms with Crippen LogP contribution >= 0.6 is 0 Å². The first kappa shape index (κ1) is 21.3. The predicted octanol–water partition coefficient (Wildman–Crippen LogP) is 4.19. The topological polar surface area (TPSA) is 46.3 Å². The van der Waals surface area contributed by atoms with Crippen molar-refractivity contribution in [3.8, 4) is 0 Å². The van der Waals surface area contributed by atoms with Crippen LogP contribution in [0.25, 0.3) is 0 Å². The minimum absolute atomic E-state index is 0.112. The van der Waals surface area contributed by atoms with E-state index < -0.39 is 5.41 Å². The maximum absolute atomic E-state index is 13.4. The molecule has 1 amide bonds. The van der Waals surface area contributed by atoms with E-state index >= 15 is 0 Å². The molecule has 164 valence electrons. The van der Waals surface area contributed by atoms with E-state index in [4.69, 9.17) is 5.73 Å². The second kappa shape index (κ2) is 8.76. The Morgan fingerprint density at radius 3 is 1.97 bits per heavy atom. The molecular weight excluding hydrogens is 412 g/mol. The number of carbonyl (C=O) groups excluding carboxylic acids is 1. The largest absolute Gasteiger partial charge is 0.369 e. The number of fused-ring (bicyclic) bond motifs is 1. The average Bonchev–Trinajstić information content (AvgIpc) is 2.82. The molecule has 3 aromatic carbocycles. The molecule has 1 aliphatic carbocycles. The van der Waals surface area contributed by atoms with Crippen LogP contribution in [-0.4, -0.2) is 35.7 Å². The molecule has 1 saturated heterocycles. The van der Waals surface area contributed by atoms with Crippen molar-refractivity contribution in [1.29, 1.82) is 0 Å². The van der Waals surface area contributed by atoms with Gasteiger partial charge in [0.05, 0.1) is 0 Å². The van der Waals surface area contributed by atoms with Crippen LogP contribution in [0, 0.1) is 5.41 Å². The SMILES string of the molecule is NC(=O)C(c1ccccc1)(c1ccccc1)[C@@]12CCC1N(CCC[SH+]c1ccccc1)C2. The molecule has 1 heterocycles. The van der Waals surface area contributed by atoms with Crippen molar-refractivity contribution in [3.63, 3.8) is 0 Å². The normalized spacial score (nSPS) is 22.4. The van der Waals surface area contributed by atoms with E-state index in [1.807, 2.05) is 36.4 Å². The van der Waals surface area contributed by atoms with Crippen LogP contribution in [0.4, 0.5) is 0 Å². The molecule has 1 aliphatic heterocycles. The fraction of sp³-hybridized carbons (Fsp3) is 0.321. The van der Waals surface area contributed by atoms with Gasteiger partial charge in [0, 0.05) is 42.7 Å². The number of nitrogens with zero attached hydrogens (tertiary/aromatic N) is 1. The second-order valence-corrected chi connectivity index (χ2v) is 10.4. The number of nitrogens with two attached hydrogens (primary N) is 1. The van der Waals surface area contributed by atoms with Gasteiger partial charge in [-0.3, -0.25) is 9.69 Å². The third-order valence-electron chi connectivity index (χ3n) is 7.61. The highest BCUT2D eigenvalue weighted by molar-refractivity contribution is 7.78. The summed E-state index contributed by atoms with van der Waals surface area (Å²) in [6, 6.07) is 31.6. The number of hydrogen-bond donors (Lipinski definition) is 1. The molecule has 3 nitrogen and oxygen atoms in total. The number of carbonyl (C=O) groups is 1. The second-order valence-electron chi connectivity index (χ2n) is 9.10. The van der Waals surface area contributed by atoms with Gasteiger partial charge >= 0.3 is 0 Å². The summed E-state index contributed by atoms with van der Waals surface area (Å²) in [5, 5.41) is 0. The van der Waals surface area contributed by atoms with Crippen molar-refractivity contribution in [2.24, 2.45) is 11.1 Å². The molecule has 4 heteroatoms. The van der Waals surface area contributed by atoms with Crippen molar-refractivity contribution in [1.82, 2.24) is 4.90 Å². The van der Waals surface area contributed by atoms with Crippen LogP contribution in [0.1, 0.15) is 30.4 Å².